The van der Waals surface area contributed by atoms with Crippen LogP contribution in [-0.4, -0.2) is 42.1 Å². The maximum Gasteiger partial charge on any atom is 0.178 e. The Kier molecular flexibility index (Phi) is 3.24. The van der Waals surface area contributed by atoms with Gasteiger partial charge in [0.25, 0.3) is 0 Å². The average Bonchev–Trinajstić information content (AvgIpc) is 3.24. The molecule has 2 fully saturated rings. The molecule has 5 nitrogen and oxygen atoms in total. The van der Waals surface area contributed by atoms with Gasteiger partial charge in [-0.25, -0.2) is 19.6 Å². The summed E-state index contributed by atoms with van der Waals surface area (Å²) in [7, 11) is 0. The number of aromatic nitrogens is 1. The minimum absolute atomic E-state index is 0.124. The highest BCUT2D eigenvalue weighted by atomic mass is 19.1. The molecule has 0 bridgehead atoms. The average molecular weight is 269 g/mol. The van der Waals surface area contributed by atoms with Crippen LogP contribution in [0.15, 0.2) is 6.07 Å². The molecule has 3 N–H and O–H groups in total. The van der Waals surface area contributed by atoms with E-state index in [0.717, 1.165) is 25.2 Å². The fourth-order valence-electron chi connectivity index (χ4n) is 2.52. The van der Waals surface area contributed by atoms with E-state index in [1.807, 2.05) is 4.90 Å². The number of hydrogen-bond donors (Lipinski definition) is 2. The molecule has 1 saturated heterocycles. The second-order valence-corrected chi connectivity index (χ2v) is 5.02. The Morgan fingerprint density at radius 2 is 1.84 bits per heavy atom. The predicted molar refractivity (Wildman–Crippen MR) is 68.8 cm³/mol. The third-order valence-corrected chi connectivity index (χ3v) is 3.72. The second kappa shape index (κ2) is 4.90. The maximum atomic E-state index is 13.8. The van der Waals surface area contributed by atoms with E-state index in [2.05, 4.69) is 15.3 Å². The topological polar surface area (TPSA) is 57.4 Å². The summed E-state index contributed by atoms with van der Waals surface area (Å²) in [5, 5.41) is 0. The highest BCUT2D eigenvalue weighted by Gasteiger charge is 2.32. The zero-order chi connectivity index (χ0) is 13.4. The molecular weight excluding hydrogens is 252 g/mol. The van der Waals surface area contributed by atoms with Crippen LogP contribution < -0.4 is 16.2 Å². The van der Waals surface area contributed by atoms with Crippen molar-refractivity contribution in [3.8, 4) is 0 Å². The van der Waals surface area contributed by atoms with Crippen LogP contribution in [0.1, 0.15) is 12.8 Å². The summed E-state index contributed by atoms with van der Waals surface area (Å²) in [5.74, 6) is 3.79. The molecular formula is C12H17F2N5. The molecule has 2 aliphatic rings. The van der Waals surface area contributed by atoms with E-state index < -0.39 is 11.6 Å². The number of halogens is 2. The molecule has 0 aromatic carbocycles. The van der Waals surface area contributed by atoms with E-state index in [1.54, 1.807) is 0 Å². The number of hydrogen-bond acceptors (Lipinski definition) is 5. The van der Waals surface area contributed by atoms with E-state index >= 15 is 0 Å². The van der Waals surface area contributed by atoms with Crippen LogP contribution in [0.2, 0.25) is 0 Å². The van der Waals surface area contributed by atoms with Crippen molar-refractivity contribution in [2.75, 3.05) is 36.5 Å². The van der Waals surface area contributed by atoms with Gasteiger partial charge in [-0.15, -0.1) is 0 Å². The number of hydrazine groups is 1. The van der Waals surface area contributed by atoms with E-state index in [4.69, 9.17) is 5.84 Å². The predicted octanol–water partition coefficient (Wildman–Crippen LogP) is 0.930. The Hall–Kier alpha value is -1.47. The monoisotopic (exact) mass is 269 g/mol. The number of nitrogen functional groups attached to an aromatic ring is 1. The van der Waals surface area contributed by atoms with Crippen molar-refractivity contribution >= 4 is 11.6 Å². The first-order valence-electron chi connectivity index (χ1n) is 6.50. The van der Waals surface area contributed by atoms with Crippen molar-refractivity contribution in [3.05, 3.63) is 17.7 Å². The van der Waals surface area contributed by atoms with Crippen LogP contribution >= 0.6 is 0 Å². The van der Waals surface area contributed by atoms with Gasteiger partial charge < -0.3 is 10.3 Å². The van der Waals surface area contributed by atoms with Crippen LogP contribution in [0.5, 0.6) is 0 Å². The summed E-state index contributed by atoms with van der Waals surface area (Å²) in [6, 6.07) is 1.54. The van der Waals surface area contributed by atoms with Gasteiger partial charge in [-0.2, -0.15) is 0 Å². The lowest BCUT2D eigenvalue weighted by Gasteiger charge is -2.35. The number of nitrogens with two attached hydrogens (primary N) is 1. The van der Waals surface area contributed by atoms with Crippen molar-refractivity contribution in [1.29, 1.82) is 0 Å². The molecule has 104 valence electrons. The summed E-state index contributed by atoms with van der Waals surface area (Å²) in [6.07, 6.45) is 2.54. The van der Waals surface area contributed by atoms with Crippen LogP contribution in [0, 0.1) is 11.6 Å². The molecule has 3 rings (SSSR count). The molecule has 2 heterocycles. The standard InChI is InChI=1S/C12H17F2N5/c13-9-7-10(14)12(16-11(9)17-15)19-5-3-18(4-6-19)8-1-2-8/h7-8H,1-6,15H2,(H,16,17). The van der Waals surface area contributed by atoms with E-state index in [9.17, 15) is 8.78 Å². The molecule has 1 aromatic rings. The second-order valence-electron chi connectivity index (χ2n) is 5.02. The molecule has 0 radical (unpaired) electrons. The summed E-state index contributed by atoms with van der Waals surface area (Å²) in [5.41, 5.74) is 2.15. The molecule has 0 atom stereocenters. The first-order valence-corrected chi connectivity index (χ1v) is 6.50. The number of rotatable bonds is 3. The summed E-state index contributed by atoms with van der Waals surface area (Å²) in [4.78, 5) is 8.18. The largest absolute Gasteiger partial charge is 0.352 e. The molecule has 1 aromatic heterocycles. The van der Waals surface area contributed by atoms with E-state index in [-0.39, 0.29) is 11.6 Å². The molecule has 19 heavy (non-hydrogen) atoms. The smallest absolute Gasteiger partial charge is 0.178 e. The number of anilines is 2. The summed E-state index contributed by atoms with van der Waals surface area (Å²) >= 11 is 0. The molecule has 0 amide bonds. The first kappa shape index (κ1) is 12.6. The van der Waals surface area contributed by atoms with Crippen molar-refractivity contribution in [3.63, 3.8) is 0 Å². The van der Waals surface area contributed by atoms with Crippen LogP contribution in [-0.2, 0) is 0 Å². The zero-order valence-corrected chi connectivity index (χ0v) is 10.6. The van der Waals surface area contributed by atoms with Crippen LogP contribution in [0.4, 0.5) is 20.4 Å². The molecule has 0 unspecified atom stereocenters. The number of pyridine rings is 1. The van der Waals surface area contributed by atoms with Gasteiger partial charge in [0.2, 0.25) is 0 Å². The van der Waals surface area contributed by atoms with Gasteiger partial charge in [-0.1, -0.05) is 0 Å². The quantitative estimate of drug-likeness (QED) is 0.631. The SMILES string of the molecule is NNc1nc(N2CCN(C3CC3)CC2)c(F)cc1F. The minimum atomic E-state index is -0.777. The fraction of sp³-hybridized carbons (Fsp3) is 0.583. The Labute approximate surface area is 110 Å². The molecule has 1 saturated carbocycles. The lowest BCUT2D eigenvalue weighted by molar-refractivity contribution is 0.247. The zero-order valence-electron chi connectivity index (χ0n) is 10.6. The summed E-state index contributed by atoms with van der Waals surface area (Å²) in [6.45, 7) is 3.20. The first-order chi connectivity index (χ1) is 9.19. The third kappa shape index (κ3) is 2.48. The molecule has 0 spiro atoms. The molecule has 1 aliphatic carbocycles. The van der Waals surface area contributed by atoms with E-state index in [0.29, 0.717) is 13.1 Å². The molecule has 1 aliphatic heterocycles. The third-order valence-electron chi connectivity index (χ3n) is 3.72. The van der Waals surface area contributed by atoms with Gasteiger partial charge in [0.15, 0.2) is 23.3 Å². The van der Waals surface area contributed by atoms with Crippen molar-refractivity contribution in [1.82, 2.24) is 9.88 Å². The van der Waals surface area contributed by atoms with E-state index in [1.165, 1.54) is 12.8 Å². The van der Waals surface area contributed by atoms with Gasteiger partial charge in [-0.3, -0.25) is 4.90 Å². The van der Waals surface area contributed by atoms with Crippen molar-refractivity contribution in [2.45, 2.75) is 18.9 Å². The Bertz CT molecular complexity index is 469. The van der Waals surface area contributed by atoms with Crippen LogP contribution in [0.25, 0.3) is 0 Å². The number of nitrogens with one attached hydrogen (secondary N) is 1. The highest BCUT2D eigenvalue weighted by molar-refractivity contribution is 5.49. The summed E-state index contributed by atoms with van der Waals surface area (Å²) < 4.78 is 27.1. The Morgan fingerprint density at radius 1 is 1.16 bits per heavy atom. The maximum absolute atomic E-state index is 13.8. The highest BCUT2D eigenvalue weighted by Crippen LogP contribution is 2.29. The lowest BCUT2D eigenvalue weighted by atomic mass is 10.3. The fourth-order valence-corrected chi connectivity index (χ4v) is 2.52. The van der Waals surface area contributed by atoms with Crippen LogP contribution in [0.3, 0.4) is 0 Å². The minimum Gasteiger partial charge on any atom is -0.352 e. The van der Waals surface area contributed by atoms with Crippen molar-refractivity contribution < 1.29 is 8.78 Å². The lowest BCUT2D eigenvalue weighted by Crippen LogP contribution is -2.47. The van der Waals surface area contributed by atoms with Gasteiger partial charge in [-0.05, 0) is 12.8 Å². The Balaban J connectivity index is 1.75. The normalized spacial score (nSPS) is 20.7. The Morgan fingerprint density at radius 3 is 2.42 bits per heavy atom. The van der Waals surface area contributed by atoms with Gasteiger partial charge in [0.1, 0.15) is 0 Å². The number of piperazine rings is 1. The number of nitrogens with zero attached hydrogens (tertiary/aromatic N) is 3. The van der Waals surface area contributed by atoms with Gasteiger partial charge >= 0.3 is 0 Å². The molecule has 7 heteroatoms. The van der Waals surface area contributed by atoms with Gasteiger partial charge in [0.05, 0.1) is 0 Å². The van der Waals surface area contributed by atoms with Crippen molar-refractivity contribution in [2.24, 2.45) is 5.84 Å². The van der Waals surface area contributed by atoms with Gasteiger partial charge in [0, 0.05) is 38.3 Å².